The second-order valence-corrected chi connectivity index (χ2v) is 10.4. The molecular formula is C28H31NO4. The van der Waals surface area contributed by atoms with Crippen molar-refractivity contribution < 1.29 is 19.1 Å². The largest absolute Gasteiger partial charge is 0.455 e. The van der Waals surface area contributed by atoms with Gasteiger partial charge in [0, 0.05) is 30.0 Å². The molecule has 8 atom stereocenters. The van der Waals surface area contributed by atoms with E-state index < -0.39 is 0 Å². The van der Waals surface area contributed by atoms with Crippen LogP contribution < -0.4 is 0 Å². The van der Waals surface area contributed by atoms with E-state index in [1.165, 1.54) is 12.8 Å². The third kappa shape index (κ3) is 3.23. The molecule has 6 rings (SSSR count). The van der Waals surface area contributed by atoms with Crippen molar-refractivity contribution in [1.29, 1.82) is 0 Å². The van der Waals surface area contributed by atoms with Crippen LogP contribution in [0.15, 0.2) is 60.7 Å². The number of esters is 2. The van der Waals surface area contributed by atoms with Crippen molar-refractivity contribution in [2.75, 3.05) is 0 Å². The first-order valence-electron chi connectivity index (χ1n) is 12.3. The van der Waals surface area contributed by atoms with E-state index in [-0.39, 0.29) is 36.0 Å². The molecule has 2 saturated carbocycles. The topological polar surface area (TPSA) is 55.8 Å². The quantitative estimate of drug-likeness (QED) is 0.631. The van der Waals surface area contributed by atoms with Gasteiger partial charge in [-0.3, -0.25) is 4.90 Å². The molecule has 2 aliphatic heterocycles. The molecule has 0 spiro atoms. The Morgan fingerprint density at radius 2 is 1.18 bits per heavy atom. The lowest BCUT2D eigenvalue weighted by atomic mass is 9.69. The molecular weight excluding hydrogens is 414 g/mol. The average molecular weight is 446 g/mol. The van der Waals surface area contributed by atoms with E-state index in [1.807, 2.05) is 36.4 Å². The van der Waals surface area contributed by atoms with Crippen LogP contribution in [0.4, 0.5) is 0 Å². The third-order valence-corrected chi connectivity index (χ3v) is 8.66. The SMILES string of the molecule is CC(C)N1C2CCC1C1C3CC(C(OC(=O)c4ccccc4)C3OC(=O)c3ccccc3)C12. The summed E-state index contributed by atoms with van der Waals surface area (Å²) < 4.78 is 12.3. The smallest absolute Gasteiger partial charge is 0.338 e. The molecule has 33 heavy (non-hydrogen) atoms. The van der Waals surface area contributed by atoms with Crippen molar-refractivity contribution in [3.05, 3.63) is 71.8 Å². The first-order valence-corrected chi connectivity index (χ1v) is 12.3. The summed E-state index contributed by atoms with van der Waals surface area (Å²) in [5, 5.41) is 0. The molecule has 0 N–H and O–H groups in total. The van der Waals surface area contributed by atoms with Crippen LogP contribution >= 0.6 is 0 Å². The lowest BCUT2D eigenvalue weighted by Gasteiger charge is -2.41. The van der Waals surface area contributed by atoms with Gasteiger partial charge in [-0.1, -0.05) is 36.4 Å². The van der Waals surface area contributed by atoms with Crippen molar-refractivity contribution in [3.63, 3.8) is 0 Å². The Labute approximate surface area is 195 Å². The molecule has 2 heterocycles. The van der Waals surface area contributed by atoms with Crippen LogP contribution in [-0.4, -0.2) is 47.2 Å². The second kappa shape index (κ2) is 7.98. The van der Waals surface area contributed by atoms with Crippen molar-refractivity contribution in [2.45, 2.75) is 63.4 Å². The Balaban J connectivity index is 1.30. The van der Waals surface area contributed by atoms with Gasteiger partial charge in [0.1, 0.15) is 12.2 Å². The van der Waals surface area contributed by atoms with Gasteiger partial charge >= 0.3 is 11.9 Å². The molecule has 2 aromatic rings. The molecule has 5 nitrogen and oxygen atoms in total. The maximum Gasteiger partial charge on any atom is 0.338 e. The Bertz CT molecular complexity index is 959. The summed E-state index contributed by atoms with van der Waals surface area (Å²) in [5.74, 6) is 0.895. The van der Waals surface area contributed by atoms with Crippen LogP contribution in [0.5, 0.6) is 0 Å². The summed E-state index contributed by atoms with van der Waals surface area (Å²) in [4.78, 5) is 28.8. The number of hydrogen-bond donors (Lipinski definition) is 0. The maximum atomic E-state index is 13.0. The Kier molecular flexibility index (Phi) is 5.06. The highest BCUT2D eigenvalue weighted by Crippen LogP contribution is 2.65. The van der Waals surface area contributed by atoms with Gasteiger partial charge in [0.25, 0.3) is 0 Å². The summed E-state index contributed by atoms with van der Waals surface area (Å²) in [6.07, 6.45) is 2.66. The number of rotatable bonds is 5. The van der Waals surface area contributed by atoms with Gasteiger partial charge < -0.3 is 9.47 Å². The predicted molar refractivity (Wildman–Crippen MR) is 124 cm³/mol. The number of hydrogen-bond acceptors (Lipinski definition) is 5. The monoisotopic (exact) mass is 445 g/mol. The van der Waals surface area contributed by atoms with Crippen molar-refractivity contribution >= 4 is 11.9 Å². The standard InChI is InChI=1S/C28H31NO4/c1-16(2)29-21-13-14-22(29)24-20-15-19(23(21)24)25(32-27(30)17-9-5-3-6-10-17)26(20)33-28(31)18-11-7-4-8-12-18/h3-12,16,19-26H,13-15H2,1-2H3. The maximum absolute atomic E-state index is 13.0. The first kappa shape index (κ1) is 20.9. The normalized spacial score (nSPS) is 36.2. The van der Waals surface area contributed by atoms with Crippen LogP contribution in [0.2, 0.25) is 0 Å². The highest BCUT2D eigenvalue weighted by Gasteiger charge is 2.70. The van der Waals surface area contributed by atoms with Crippen LogP contribution in [-0.2, 0) is 9.47 Å². The Morgan fingerprint density at radius 1 is 0.758 bits per heavy atom. The number of nitrogens with zero attached hydrogens (tertiary/aromatic N) is 1. The average Bonchev–Trinajstić information content (AvgIpc) is 3.58. The minimum absolute atomic E-state index is 0.248. The fourth-order valence-electron chi connectivity index (χ4n) is 7.75. The van der Waals surface area contributed by atoms with E-state index in [2.05, 4.69) is 18.7 Å². The van der Waals surface area contributed by atoms with Crippen LogP contribution in [0, 0.1) is 23.7 Å². The highest BCUT2D eigenvalue weighted by atomic mass is 16.6. The van der Waals surface area contributed by atoms with Crippen LogP contribution in [0.1, 0.15) is 53.8 Å². The first-order chi connectivity index (χ1) is 16.0. The summed E-state index contributed by atoms with van der Waals surface area (Å²) >= 11 is 0. The van der Waals surface area contributed by atoms with E-state index in [4.69, 9.17) is 9.47 Å². The van der Waals surface area contributed by atoms with Gasteiger partial charge in [-0.2, -0.15) is 0 Å². The number of benzene rings is 2. The molecule has 2 saturated heterocycles. The summed E-state index contributed by atoms with van der Waals surface area (Å²) in [7, 11) is 0. The minimum Gasteiger partial charge on any atom is -0.455 e. The number of carbonyl (C=O) groups is 2. The minimum atomic E-state index is -0.384. The Morgan fingerprint density at radius 3 is 1.58 bits per heavy atom. The molecule has 8 unspecified atom stereocenters. The van der Waals surface area contributed by atoms with Gasteiger partial charge in [0.15, 0.2) is 0 Å². The van der Waals surface area contributed by atoms with Gasteiger partial charge in [0.2, 0.25) is 0 Å². The Hall–Kier alpha value is -2.66. The molecule has 4 fully saturated rings. The molecule has 0 radical (unpaired) electrons. The van der Waals surface area contributed by atoms with E-state index in [9.17, 15) is 9.59 Å². The fourth-order valence-corrected chi connectivity index (χ4v) is 7.75. The number of ether oxygens (including phenoxy) is 2. The van der Waals surface area contributed by atoms with E-state index in [1.54, 1.807) is 24.3 Å². The van der Waals surface area contributed by atoms with Gasteiger partial charge in [0.05, 0.1) is 11.1 Å². The van der Waals surface area contributed by atoms with E-state index >= 15 is 0 Å². The molecule has 0 amide bonds. The molecule has 4 bridgehead atoms. The van der Waals surface area contributed by atoms with Crippen molar-refractivity contribution in [1.82, 2.24) is 4.90 Å². The van der Waals surface area contributed by atoms with E-state index in [0.717, 1.165) is 6.42 Å². The van der Waals surface area contributed by atoms with Crippen LogP contribution in [0.3, 0.4) is 0 Å². The zero-order valence-electron chi connectivity index (χ0n) is 19.2. The molecule has 5 heteroatoms. The number of carbonyl (C=O) groups excluding carboxylic acids is 2. The zero-order valence-corrected chi connectivity index (χ0v) is 19.2. The van der Waals surface area contributed by atoms with Crippen molar-refractivity contribution in [2.24, 2.45) is 23.7 Å². The predicted octanol–water partition coefficient (Wildman–Crippen LogP) is 4.57. The fraction of sp³-hybridized carbons (Fsp3) is 0.500. The molecule has 172 valence electrons. The molecule has 2 aromatic carbocycles. The van der Waals surface area contributed by atoms with Gasteiger partial charge in [-0.05, 0) is 69.2 Å². The molecule has 0 aromatic heterocycles. The van der Waals surface area contributed by atoms with Crippen molar-refractivity contribution in [3.8, 4) is 0 Å². The van der Waals surface area contributed by atoms with E-state index in [0.29, 0.717) is 41.1 Å². The molecule has 2 aliphatic carbocycles. The second-order valence-electron chi connectivity index (χ2n) is 10.4. The summed E-state index contributed by atoms with van der Waals surface area (Å²) in [5.41, 5.74) is 1.09. The summed E-state index contributed by atoms with van der Waals surface area (Å²) in [6, 6.07) is 19.9. The molecule has 4 aliphatic rings. The summed E-state index contributed by atoms with van der Waals surface area (Å²) in [6.45, 7) is 4.57. The highest BCUT2D eigenvalue weighted by molar-refractivity contribution is 5.90. The number of fused-ring (bicyclic) bond motifs is 9. The lowest BCUT2D eigenvalue weighted by Crippen LogP contribution is -2.49. The van der Waals surface area contributed by atoms with Gasteiger partial charge in [-0.15, -0.1) is 0 Å². The van der Waals surface area contributed by atoms with Crippen LogP contribution in [0.25, 0.3) is 0 Å². The third-order valence-electron chi connectivity index (χ3n) is 8.66. The van der Waals surface area contributed by atoms with Gasteiger partial charge in [-0.25, -0.2) is 9.59 Å². The zero-order chi connectivity index (χ0) is 22.7. The lowest BCUT2D eigenvalue weighted by molar-refractivity contribution is -0.0823.